The van der Waals surface area contributed by atoms with Crippen molar-refractivity contribution in [1.29, 1.82) is 0 Å². The van der Waals surface area contributed by atoms with Crippen LogP contribution in [0.4, 0.5) is 4.39 Å². The van der Waals surface area contributed by atoms with Crippen molar-refractivity contribution in [3.05, 3.63) is 83.4 Å². The van der Waals surface area contributed by atoms with Gasteiger partial charge < -0.3 is 18.9 Å². The van der Waals surface area contributed by atoms with Crippen LogP contribution in [0.1, 0.15) is 49.6 Å². The molecule has 2 aliphatic rings. The summed E-state index contributed by atoms with van der Waals surface area (Å²) in [6.07, 6.45) is 7.09. The molecule has 0 spiro atoms. The zero-order valence-electron chi connectivity index (χ0n) is 19.8. The number of aromatic nitrogens is 2. The number of amides is 1. The van der Waals surface area contributed by atoms with E-state index in [1.54, 1.807) is 31.6 Å². The molecule has 1 aromatic heterocycles. The molecule has 2 aromatic carbocycles. The summed E-state index contributed by atoms with van der Waals surface area (Å²) in [5.74, 6) is 0.529. The summed E-state index contributed by atoms with van der Waals surface area (Å²) in [5.41, 5.74) is 2.96. The van der Waals surface area contributed by atoms with Gasteiger partial charge in [0.25, 0.3) is 5.91 Å². The minimum atomic E-state index is -0.549. The Labute approximate surface area is 198 Å². The van der Waals surface area contributed by atoms with Gasteiger partial charge in [0.2, 0.25) is 0 Å². The molecule has 34 heavy (non-hydrogen) atoms. The number of fused-ring (bicyclic) bond motifs is 1. The molecular formula is C27H28FN3O3. The number of imidazole rings is 1. The monoisotopic (exact) mass is 461 g/mol. The predicted octanol–water partition coefficient (Wildman–Crippen LogP) is 5.21. The van der Waals surface area contributed by atoms with Crippen LogP contribution < -0.4 is 4.74 Å². The van der Waals surface area contributed by atoms with Gasteiger partial charge in [-0.3, -0.25) is 4.79 Å². The maximum atomic E-state index is 13.6. The van der Waals surface area contributed by atoms with E-state index >= 15 is 0 Å². The zero-order chi connectivity index (χ0) is 24.0. The van der Waals surface area contributed by atoms with Gasteiger partial charge >= 0.3 is 0 Å². The lowest BCUT2D eigenvalue weighted by molar-refractivity contribution is -0.155. The highest BCUT2D eigenvalue weighted by molar-refractivity contribution is 5.97. The summed E-state index contributed by atoms with van der Waals surface area (Å²) in [6, 6.07) is 12.0. The van der Waals surface area contributed by atoms with Gasteiger partial charge in [-0.05, 0) is 75.1 Å². The number of benzene rings is 2. The molecule has 0 N–H and O–H groups in total. The van der Waals surface area contributed by atoms with E-state index in [0.717, 1.165) is 35.3 Å². The molecule has 1 amide bonds. The Hall–Kier alpha value is -3.61. The topological polar surface area (TPSA) is 56.6 Å². The van der Waals surface area contributed by atoms with Crippen LogP contribution in [-0.4, -0.2) is 39.1 Å². The Morgan fingerprint density at radius 3 is 2.62 bits per heavy atom. The lowest BCUT2D eigenvalue weighted by Crippen LogP contribution is -2.55. The van der Waals surface area contributed by atoms with Gasteiger partial charge in [-0.2, -0.15) is 0 Å². The molecule has 6 nitrogen and oxygen atoms in total. The van der Waals surface area contributed by atoms with Gasteiger partial charge in [0.15, 0.2) is 5.76 Å². The fraction of sp³-hybridized carbons (Fsp3) is 0.333. The number of halogens is 1. The minimum absolute atomic E-state index is 0.0476. The number of nitrogens with zero attached hydrogens (tertiary/aromatic N) is 3. The molecule has 0 radical (unpaired) electrons. The van der Waals surface area contributed by atoms with Crippen LogP contribution in [0.25, 0.3) is 11.8 Å². The molecule has 7 heteroatoms. The molecular weight excluding hydrogens is 433 g/mol. The maximum Gasteiger partial charge on any atom is 0.289 e. The number of methoxy groups -OCH3 is 1. The first kappa shape index (κ1) is 22.2. The second-order valence-corrected chi connectivity index (χ2v) is 9.44. The summed E-state index contributed by atoms with van der Waals surface area (Å²) in [5, 5.41) is 0. The number of ether oxygens (including phenoxy) is 2. The SMILES string of the molecule is COc1cc(C=C2OC(C)(C)[C@H]3CC[C@@H](c4ccc(F)cc4)N3C2=O)ccc1-n1cnc(C)c1. The molecule has 3 aromatic rings. The summed E-state index contributed by atoms with van der Waals surface area (Å²) in [7, 11) is 1.62. The minimum Gasteiger partial charge on any atom is -0.495 e. The van der Waals surface area contributed by atoms with Gasteiger partial charge in [-0.1, -0.05) is 18.2 Å². The number of carbonyl (C=O) groups excluding carboxylic acids is 1. The summed E-state index contributed by atoms with van der Waals surface area (Å²) < 4.78 is 27.3. The van der Waals surface area contributed by atoms with Crippen molar-refractivity contribution >= 4 is 12.0 Å². The van der Waals surface area contributed by atoms with Gasteiger partial charge in [0.05, 0.1) is 36.9 Å². The van der Waals surface area contributed by atoms with Crippen LogP contribution >= 0.6 is 0 Å². The van der Waals surface area contributed by atoms with E-state index in [-0.39, 0.29) is 23.8 Å². The normalized spacial score (nSPS) is 22.6. The summed E-state index contributed by atoms with van der Waals surface area (Å²) in [4.78, 5) is 19.8. The first-order chi connectivity index (χ1) is 16.3. The van der Waals surface area contributed by atoms with Crippen molar-refractivity contribution < 1.29 is 18.7 Å². The maximum absolute atomic E-state index is 13.6. The van der Waals surface area contributed by atoms with Gasteiger partial charge in [0.1, 0.15) is 17.2 Å². The van der Waals surface area contributed by atoms with Crippen molar-refractivity contribution in [1.82, 2.24) is 14.5 Å². The van der Waals surface area contributed by atoms with Gasteiger partial charge in [0, 0.05) is 6.20 Å². The Bertz CT molecular complexity index is 1260. The third-order valence-corrected chi connectivity index (χ3v) is 6.75. The third-order valence-electron chi connectivity index (χ3n) is 6.75. The largest absolute Gasteiger partial charge is 0.495 e. The molecule has 2 aliphatic heterocycles. The molecule has 2 atom stereocenters. The van der Waals surface area contributed by atoms with Crippen molar-refractivity contribution in [3.63, 3.8) is 0 Å². The predicted molar refractivity (Wildman–Crippen MR) is 127 cm³/mol. The summed E-state index contributed by atoms with van der Waals surface area (Å²) >= 11 is 0. The van der Waals surface area contributed by atoms with Crippen molar-refractivity contribution in [2.75, 3.05) is 7.11 Å². The van der Waals surface area contributed by atoms with E-state index < -0.39 is 5.60 Å². The number of morpholine rings is 1. The molecule has 3 heterocycles. The Kier molecular flexibility index (Phi) is 5.42. The highest BCUT2D eigenvalue weighted by Crippen LogP contribution is 2.46. The smallest absolute Gasteiger partial charge is 0.289 e. The number of hydrogen-bond donors (Lipinski definition) is 0. The van der Waals surface area contributed by atoms with E-state index in [1.165, 1.54) is 12.1 Å². The Morgan fingerprint density at radius 2 is 1.94 bits per heavy atom. The molecule has 2 fully saturated rings. The van der Waals surface area contributed by atoms with Crippen LogP contribution in [0.2, 0.25) is 0 Å². The average molecular weight is 462 g/mol. The number of aryl methyl sites for hydroxylation is 1. The molecule has 2 saturated heterocycles. The molecule has 176 valence electrons. The highest BCUT2D eigenvalue weighted by Gasteiger charge is 2.51. The van der Waals surface area contributed by atoms with E-state index in [0.29, 0.717) is 11.5 Å². The van der Waals surface area contributed by atoms with Gasteiger partial charge in [-0.25, -0.2) is 9.37 Å². The second-order valence-electron chi connectivity index (χ2n) is 9.44. The van der Waals surface area contributed by atoms with E-state index in [4.69, 9.17) is 9.47 Å². The van der Waals surface area contributed by atoms with Crippen molar-refractivity contribution in [2.24, 2.45) is 0 Å². The fourth-order valence-corrected chi connectivity index (χ4v) is 5.10. The van der Waals surface area contributed by atoms with E-state index in [2.05, 4.69) is 4.98 Å². The van der Waals surface area contributed by atoms with Crippen LogP contribution in [0.3, 0.4) is 0 Å². The second kappa shape index (κ2) is 8.31. The molecule has 0 saturated carbocycles. The number of carbonyl (C=O) groups is 1. The lowest BCUT2D eigenvalue weighted by Gasteiger charge is -2.45. The number of rotatable bonds is 4. The fourth-order valence-electron chi connectivity index (χ4n) is 5.10. The zero-order valence-corrected chi connectivity index (χ0v) is 19.8. The Balaban J connectivity index is 1.49. The van der Waals surface area contributed by atoms with Gasteiger partial charge in [-0.15, -0.1) is 0 Å². The lowest BCUT2D eigenvalue weighted by atomic mass is 9.94. The Morgan fingerprint density at radius 1 is 1.18 bits per heavy atom. The van der Waals surface area contributed by atoms with Crippen molar-refractivity contribution in [3.8, 4) is 11.4 Å². The quantitative estimate of drug-likeness (QED) is 0.501. The summed E-state index contributed by atoms with van der Waals surface area (Å²) in [6.45, 7) is 5.96. The van der Waals surface area contributed by atoms with Crippen LogP contribution in [0.15, 0.2) is 60.7 Å². The molecule has 0 aliphatic carbocycles. The van der Waals surface area contributed by atoms with E-state index in [9.17, 15) is 9.18 Å². The molecule has 5 rings (SSSR count). The van der Waals surface area contributed by atoms with E-state index in [1.807, 2.05) is 54.6 Å². The first-order valence-electron chi connectivity index (χ1n) is 11.4. The van der Waals surface area contributed by atoms with Crippen LogP contribution in [-0.2, 0) is 9.53 Å². The average Bonchev–Trinajstić information content (AvgIpc) is 3.45. The highest BCUT2D eigenvalue weighted by atomic mass is 19.1. The van der Waals surface area contributed by atoms with Crippen LogP contribution in [0.5, 0.6) is 5.75 Å². The first-order valence-corrected chi connectivity index (χ1v) is 11.4. The third kappa shape index (κ3) is 3.85. The standard InChI is InChI=1S/C27H28FN3O3/c1-17-15-30(16-29-17)22-10-5-18(13-23(22)33-4)14-24-26(32)31-21(19-6-8-20(28)9-7-19)11-12-25(31)27(2,3)34-24/h5-10,13-16,21,25H,11-12H2,1-4H3/t21-,25+/m0/s1. The number of hydrogen-bond acceptors (Lipinski definition) is 4. The molecule has 0 bridgehead atoms. The van der Waals surface area contributed by atoms with Crippen molar-refractivity contribution in [2.45, 2.75) is 51.3 Å². The molecule has 0 unspecified atom stereocenters. The van der Waals surface area contributed by atoms with Crippen LogP contribution in [0, 0.1) is 12.7 Å².